The number of rotatable bonds is 3. The van der Waals surface area contributed by atoms with Crippen LogP contribution in [0, 0.1) is 13.8 Å². The third kappa shape index (κ3) is 3.92. The van der Waals surface area contributed by atoms with Crippen molar-refractivity contribution in [2.45, 2.75) is 13.8 Å². The van der Waals surface area contributed by atoms with Gasteiger partial charge in [-0.25, -0.2) is 4.98 Å². The van der Waals surface area contributed by atoms with E-state index in [9.17, 15) is 4.79 Å². The summed E-state index contributed by atoms with van der Waals surface area (Å²) in [5, 5.41) is 2.92. The number of nitrogens with one attached hydrogen (secondary N) is 1. The van der Waals surface area contributed by atoms with Crippen LogP contribution in [-0.4, -0.2) is 49.0 Å². The van der Waals surface area contributed by atoms with Crippen LogP contribution in [0.5, 0.6) is 0 Å². The molecule has 5 nitrogen and oxygen atoms in total. The molecule has 1 fully saturated rings. The normalized spacial score (nSPS) is 15.4. The van der Waals surface area contributed by atoms with Crippen LogP contribution in [0.25, 0.3) is 0 Å². The lowest BCUT2D eigenvalue weighted by Gasteiger charge is -2.33. The number of pyridine rings is 1. The third-order valence-electron chi connectivity index (χ3n) is 4.33. The van der Waals surface area contributed by atoms with Crippen molar-refractivity contribution in [3.63, 3.8) is 0 Å². The molecule has 1 aliphatic rings. The van der Waals surface area contributed by atoms with Gasteiger partial charge in [-0.3, -0.25) is 4.79 Å². The van der Waals surface area contributed by atoms with Gasteiger partial charge in [0.1, 0.15) is 5.69 Å². The summed E-state index contributed by atoms with van der Waals surface area (Å²) in [6.45, 7) is 8.12. The molecule has 2 heterocycles. The van der Waals surface area contributed by atoms with Gasteiger partial charge in [0, 0.05) is 31.9 Å². The fourth-order valence-corrected chi connectivity index (χ4v) is 3.01. The van der Waals surface area contributed by atoms with Gasteiger partial charge in [0.2, 0.25) is 0 Å². The van der Waals surface area contributed by atoms with E-state index < -0.39 is 0 Å². The number of carbonyl (C=O) groups excluding carboxylic acids is 1. The van der Waals surface area contributed by atoms with E-state index in [1.54, 1.807) is 12.3 Å². The maximum absolute atomic E-state index is 12.4. The zero-order chi connectivity index (χ0) is 17.1. The molecule has 126 valence electrons. The van der Waals surface area contributed by atoms with Gasteiger partial charge in [-0.2, -0.15) is 0 Å². The van der Waals surface area contributed by atoms with Crippen LogP contribution in [-0.2, 0) is 0 Å². The van der Waals surface area contributed by atoms with Crippen LogP contribution in [0.4, 0.5) is 11.4 Å². The highest BCUT2D eigenvalue weighted by Crippen LogP contribution is 2.17. The van der Waals surface area contributed by atoms with Gasteiger partial charge in [0.05, 0.1) is 11.9 Å². The zero-order valence-corrected chi connectivity index (χ0v) is 14.5. The second-order valence-electron chi connectivity index (χ2n) is 6.52. The number of aromatic nitrogens is 1. The molecule has 0 atom stereocenters. The summed E-state index contributed by atoms with van der Waals surface area (Å²) >= 11 is 0. The largest absolute Gasteiger partial charge is 0.368 e. The Morgan fingerprint density at radius 2 is 1.71 bits per heavy atom. The molecule has 24 heavy (non-hydrogen) atoms. The van der Waals surface area contributed by atoms with Crippen molar-refractivity contribution >= 4 is 17.3 Å². The van der Waals surface area contributed by atoms with Crippen LogP contribution in [0.1, 0.15) is 21.6 Å². The van der Waals surface area contributed by atoms with Crippen LogP contribution in [0.15, 0.2) is 36.5 Å². The molecule has 1 saturated heterocycles. The first-order chi connectivity index (χ1) is 11.5. The fourth-order valence-electron chi connectivity index (χ4n) is 3.01. The van der Waals surface area contributed by atoms with E-state index >= 15 is 0 Å². The Labute approximate surface area is 143 Å². The molecule has 1 aromatic heterocycles. The number of nitrogens with zero attached hydrogens (tertiary/aromatic N) is 3. The lowest BCUT2D eigenvalue weighted by molar-refractivity contribution is 0.102. The third-order valence-corrected chi connectivity index (χ3v) is 4.33. The SMILES string of the molecule is Cc1cc(C)cc(NC(=O)c2ccc(N3CCN(C)CC3)cn2)c1. The number of hydrogen-bond acceptors (Lipinski definition) is 4. The van der Waals surface area contributed by atoms with E-state index in [0.29, 0.717) is 5.69 Å². The number of hydrogen-bond donors (Lipinski definition) is 1. The Morgan fingerprint density at radius 3 is 2.29 bits per heavy atom. The van der Waals surface area contributed by atoms with Gasteiger partial charge in [-0.05, 0) is 56.3 Å². The maximum Gasteiger partial charge on any atom is 0.274 e. The van der Waals surface area contributed by atoms with Crippen molar-refractivity contribution in [1.29, 1.82) is 0 Å². The molecule has 1 amide bonds. The van der Waals surface area contributed by atoms with Gasteiger partial charge in [0.15, 0.2) is 0 Å². The number of piperazine rings is 1. The van der Waals surface area contributed by atoms with Crippen molar-refractivity contribution in [3.05, 3.63) is 53.3 Å². The van der Waals surface area contributed by atoms with Gasteiger partial charge in [-0.1, -0.05) is 6.07 Å². The van der Waals surface area contributed by atoms with Crippen LogP contribution in [0.2, 0.25) is 0 Å². The van der Waals surface area contributed by atoms with E-state index in [0.717, 1.165) is 48.7 Å². The summed E-state index contributed by atoms with van der Waals surface area (Å²) in [7, 11) is 2.13. The van der Waals surface area contributed by atoms with Gasteiger partial charge in [0.25, 0.3) is 5.91 Å². The van der Waals surface area contributed by atoms with Crippen molar-refractivity contribution in [3.8, 4) is 0 Å². The van der Waals surface area contributed by atoms with Crippen LogP contribution in [0.3, 0.4) is 0 Å². The highest BCUT2D eigenvalue weighted by molar-refractivity contribution is 6.03. The number of amides is 1. The van der Waals surface area contributed by atoms with E-state index in [-0.39, 0.29) is 5.91 Å². The summed E-state index contributed by atoms with van der Waals surface area (Å²) < 4.78 is 0. The Hall–Kier alpha value is -2.40. The Kier molecular flexibility index (Phi) is 4.81. The molecule has 0 radical (unpaired) electrons. The molecule has 2 aromatic rings. The molecular weight excluding hydrogens is 300 g/mol. The number of likely N-dealkylation sites (N-methyl/N-ethyl adjacent to an activating group) is 1. The minimum Gasteiger partial charge on any atom is -0.368 e. The number of carbonyl (C=O) groups is 1. The van der Waals surface area contributed by atoms with Gasteiger partial charge >= 0.3 is 0 Å². The topological polar surface area (TPSA) is 48.5 Å². The molecule has 0 saturated carbocycles. The lowest BCUT2D eigenvalue weighted by Crippen LogP contribution is -2.44. The monoisotopic (exact) mass is 324 g/mol. The highest BCUT2D eigenvalue weighted by Gasteiger charge is 2.15. The molecule has 0 bridgehead atoms. The molecule has 5 heteroatoms. The average molecular weight is 324 g/mol. The highest BCUT2D eigenvalue weighted by atomic mass is 16.1. The first-order valence-electron chi connectivity index (χ1n) is 8.30. The number of aryl methyl sites for hydroxylation is 2. The van der Waals surface area contributed by atoms with Crippen molar-refractivity contribution < 1.29 is 4.79 Å². The molecule has 3 rings (SSSR count). The molecular formula is C19H24N4O. The van der Waals surface area contributed by atoms with Crippen LogP contribution >= 0.6 is 0 Å². The zero-order valence-electron chi connectivity index (χ0n) is 14.5. The summed E-state index contributed by atoms with van der Waals surface area (Å²) in [4.78, 5) is 21.3. The van der Waals surface area contributed by atoms with Crippen molar-refractivity contribution in [2.75, 3.05) is 43.4 Å². The van der Waals surface area contributed by atoms with Crippen molar-refractivity contribution in [1.82, 2.24) is 9.88 Å². The summed E-state index contributed by atoms with van der Waals surface area (Å²) in [6, 6.07) is 9.78. The first-order valence-corrected chi connectivity index (χ1v) is 8.30. The molecule has 1 aliphatic heterocycles. The molecule has 1 aromatic carbocycles. The quantitative estimate of drug-likeness (QED) is 0.943. The van der Waals surface area contributed by atoms with E-state index in [1.165, 1.54) is 0 Å². The van der Waals surface area contributed by atoms with E-state index in [1.807, 2.05) is 32.0 Å². The van der Waals surface area contributed by atoms with Gasteiger partial charge in [-0.15, -0.1) is 0 Å². The van der Waals surface area contributed by atoms with Crippen molar-refractivity contribution in [2.24, 2.45) is 0 Å². The Balaban J connectivity index is 1.67. The lowest BCUT2D eigenvalue weighted by atomic mass is 10.1. The first kappa shape index (κ1) is 16.5. The summed E-state index contributed by atoms with van der Waals surface area (Å²) in [5.41, 5.74) is 4.58. The standard InChI is InChI=1S/C19H24N4O/c1-14-10-15(2)12-16(11-14)21-19(24)18-5-4-17(13-20-18)23-8-6-22(3)7-9-23/h4-5,10-13H,6-9H2,1-3H3,(H,21,24). The van der Waals surface area contributed by atoms with E-state index in [2.05, 4.69) is 33.2 Å². The summed E-state index contributed by atoms with van der Waals surface area (Å²) in [6.07, 6.45) is 1.79. The number of anilines is 2. The second-order valence-corrected chi connectivity index (χ2v) is 6.52. The Morgan fingerprint density at radius 1 is 1.04 bits per heavy atom. The van der Waals surface area contributed by atoms with Crippen LogP contribution < -0.4 is 10.2 Å². The Bertz CT molecular complexity index is 698. The number of benzene rings is 1. The minimum atomic E-state index is -0.176. The van der Waals surface area contributed by atoms with Gasteiger partial charge < -0.3 is 15.1 Å². The molecule has 0 aliphatic carbocycles. The van der Waals surface area contributed by atoms with E-state index in [4.69, 9.17) is 0 Å². The fraction of sp³-hybridized carbons (Fsp3) is 0.368. The second kappa shape index (κ2) is 7.01. The minimum absolute atomic E-state index is 0.176. The average Bonchev–Trinajstić information content (AvgIpc) is 2.55. The molecule has 0 unspecified atom stereocenters. The maximum atomic E-state index is 12.4. The predicted molar refractivity (Wildman–Crippen MR) is 97.8 cm³/mol. The summed E-state index contributed by atoms with van der Waals surface area (Å²) in [5.74, 6) is -0.176. The predicted octanol–water partition coefficient (Wildman–Crippen LogP) is 2.70. The molecule has 0 spiro atoms. The smallest absolute Gasteiger partial charge is 0.274 e. The molecule has 1 N–H and O–H groups in total.